The standard InChI is InChI=1S/C25H29ClN4O4/c1-16(31)22(32)21-18(26)5-4-7-20(21)30-13-8-17(9-14-30)15-28-24(34)25(10-11-25)29-23(33)19-6-2-3-12-27-19/h2-7,12,16-17,31H,8-11,13-15H2,1H3,(H,28,34)(H,29,33). The molecule has 0 radical (unpaired) electrons. The molecule has 2 heterocycles. The number of anilines is 1. The van der Waals surface area contributed by atoms with E-state index in [1.165, 1.54) is 6.92 Å². The van der Waals surface area contributed by atoms with E-state index < -0.39 is 17.4 Å². The van der Waals surface area contributed by atoms with Crippen LogP contribution in [0, 0.1) is 5.92 Å². The monoisotopic (exact) mass is 484 g/mol. The molecule has 8 nitrogen and oxygen atoms in total. The number of rotatable bonds is 8. The molecule has 1 atom stereocenters. The molecule has 4 rings (SSSR count). The number of aromatic nitrogens is 1. The topological polar surface area (TPSA) is 112 Å². The molecule has 2 amide bonds. The molecule has 1 aromatic heterocycles. The second kappa shape index (κ2) is 10.1. The van der Waals surface area contributed by atoms with Crippen molar-refractivity contribution in [3.05, 3.63) is 58.9 Å². The van der Waals surface area contributed by atoms with Crippen molar-refractivity contribution in [2.45, 2.75) is 44.2 Å². The minimum Gasteiger partial charge on any atom is -0.385 e. The van der Waals surface area contributed by atoms with Gasteiger partial charge in [0.1, 0.15) is 17.3 Å². The van der Waals surface area contributed by atoms with Gasteiger partial charge in [0.25, 0.3) is 5.91 Å². The summed E-state index contributed by atoms with van der Waals surface area (Å²) in [5, 5.41) is 16.0. The van der Waals surface area contributed by atoms with Crippen molar-refractivity contribution in [1.29, 1.82) is 0 Å². The number of pyridine rings is 1. The molecule has 0 bridgehead atoms. The van der Waals surface area contributed by atoms with Crippen molar-refractivity contribution >= 4 is 34.9 Å². The van der Waals surface area contributed by atoms with Crippen LogP contribution in [0.2, 0.25) is 5.02 Å². The molecular formula is C25H29ClN4O4. The Morgan fingerprint density at radius 3 is 2.53 bits per heavy atom. The number of Topliss-reactive ketones (excluding diaryl/α,β-unsaturated/α-hetero) is 1. The Labute approximate surface area is 203 Å². The number of carbonyl (C=O) groups excluding carboxylic acids is 3. The number of nitrogens with zero attached hydrogens (tertiary/aromatic N) is 2. The van der Waals surface area contributed by atoms with E-state index >= 15 is 0 Å². The molecule has 2 fully saturated rings. The van der Waals surface area contributed by atoms with E-state index in [0.29, 0.717) is 48.8 Å². The number of aliphatic hydroxyl groups excluding tert-OH is 1. The van der Waals surface area contributed by atoms with Gasteiger partial charge in [-0.15, -0.1) is 0 Å². The Hall–Kier alpha value is -2.97. The summed E-state index contributed by atoms with van der Waals surface area (Å²) in [5.41, 5.74) is 0.537. The van der Waals surface area contributed by atoms with Gasteiger partial charge in [0, 0.05) is 31.5 Å². The van der Waals surface area contributed by atoms with Crippen LogP contribution in [-0.2, 0) is 4.79 Å². The number of aliphatic hydroxyl groups is 1. The summed E-state index contributed by atoms with van der Waals surface area (Å²) in [6.45, 7) is 3.39. The van der Waals surface area contributed by atoms with Crippen molar-refractivity contribution < 1.29 is 19.5 Å². The molecule has 1 aromatic carbocycles. The van der Waals surface area contributed by atoms with E-state index in [4.69, 9.17) is 11.6 Å². The van der Waals surface area contributed by atoms with Crippen molar-refractivity contribution in [2.75, 3.05) is 24.5 Å². The molecule has 180 valence electrons. The van der Waals surface area contributed by atoms with Crippen LogP contribution >= 0.6 is 11.6 Å². The largest absolute Gasteiger partial charge is 0.385 e. The van der Waals surface area contributed by atoms with Crippen molar-refractivity contribution in [3.63, 3.8) is 0 Å². The number of halogens is 1. The summed E-state index contributed by atoms with van der Waals surface area (Å²) in [4.78, 5) is 43.9. The average Bonchev–Trinajstić information content (AvgIpc) is 3.63. The second-order valence-corrected chi connectivity index (χ2v) is 9.47. The normalized spacial score (nSPS) is 18.1. The van der Waals surface area contributed by atoms with Gasteiger partial charge in [0.2, 0.25) is 5.91 Å². The van der Waals surface area contributed by atoms with E-state index in [1.54, 1.807) is 36.5 Å². The highest BCUT2D eigenvalue weighted by molar-refractivity contribution is 6.35. The maximum absolute atomic E-state index is 12.8. The lowest BCUT2D eigenvalue weighted by atomic mass is 9.95. The molecule has 1 saturated carbocycles. The van der Waals surface area contributed by atoms with Crippen LogP contribution in [0.4, 0.5) is 5.69 Å². The van der Waals surface area contributed by atoms with Gasteiger partial charge < -0.3 is 20.6 Å². The van der Waals surface area contributed by atoms with Crippen molar-refractivity contribution in [3.8, 4) is 0 Å². The zero-order chi connectivity index (χ0) is 24.3. The molecule has 1 unspecified atom stereocenters. The smallest absolute Gasteiger partial charge is 0.270 e. The quantitative estimate of drug-likeness (QED) is 0.496. The first-order chi connectivity index (χ1) is 16.3. The van der Waals surface area contributed by atoms with E-state index in [0.717, 1.165) is 18.5 Å². The Bertz CT molecular complexity index is 1060. The Morgan fingerprint density at radius 1 is 1.18 bits per heavy atom. The van der Waals surface area contributed by atoms with Crippen LogP contribution in [0.25, 0.3) is 0 Å². The fourth-order valence-electron chi connectivity index (χ4n) is 4.33. The second-order valence-electron chi connectivity index (χ2n) is 9.07. The summed E-state index contributed by atoms with van der Waals surface area (Å²) in [6.07, 6.45) is 3.33. The molecular weight excluding hydrogens is 456 g/mol. The lowest BCUT2D eigenvalue weighted by Gasteiger charge is -2.35. The molecule has 9 heteroatoms. The zero-order valence-electron chi connectivity index (χ0n) is 19.1. The highest BCUT2D eigenvalue weighted by Crippen LogP contribution is 2.36. The Balaban J connectivity index is 1.30. The summed E-state index contributed by atoms with van der Waals surface area (Å²) in [6, 6.07) is 10.4. The third-order valence-electron chi connectivity index (χ3n) is 6.56. The third kappa shape index (κ3) is 5.23. The lowest BCUT2D eigenvalue weighted by Crippen LogP contribution is -2.50. The average molecular weight is 485 g/mol. The number of ketones is 1. The van der Waals surface area contributed by atoms with Gasteiger partial charge in [-0.05, 0) is 62.8 Å². The van der Waals surface area contributed by atoms with Gasteiger partial charge in [-0.2, -0.15) is 0 Å². The number of piperidine rings is 1. The van der Waals surface area contributed by atoms with Gasteiger partial charge in [-0.1, -0.05) is 23.7 Å². The molecule has 2 aliphatic rings. The van der Waals surface area contributed by atoms with Crippen molar-refractivity contribution in [2.24, 2.45) is 5.92 Å². The van der Waals surface area contributed by atoms with Gasteiger partial charge >= 0.3 is 0 Å². The Morgan fingerprint density at radius 2 is 1.91 bits per heavy atom. The molecule has 2 aromatic rings. The van der Waals surface area contributed by atoms with Crippen LogP contribution in [0.5, 0.6) is 0 Å². The van der Waals surface area contributed by atoms with Crippen LogP contribution in [0.1, 0.15) is 53.5 Å². The number of carbonyl (C=O) groups is 3. The maximum atomic E-state index is 12.8. The SMILES string of the molecule is CC(O)C(=O)c1c(Cl)cccc1N1CCC(CNC(=O)C2(NC(=O)c3ccccn3)CC2)CC1. The van der Waals surface area contributed by atoms with Crippen LogP contribution in [0.15, 0.2) is 42.6 Å². The predicted molar refractivity (Wildman–Crippen MR) is 129 cm³/mol. The first-order valence-electron chi connectivity index (χ1n) is 11.6. The van der Waals surface area contributed by atoms with Gasteiger partial charge in [-0.3, -0.25) is 19.4 Å². The predicted octanol–water partition coefficient (Wildman–Crippen LogP) is 2.59. The Kier molecular flexibility index (Phi) is 7.19. The van der Waals surface area contributed by atoms with Crippen LogP contribution in [0.3, 0.4) is 0 Å². The first-order valence-corrected chi connectivity index (χ1v) is 12.0. The minimum absolute atomic E-state index is 0.154. The number of amides is 2. The van der Waals surface area contributed by atoms with E-state index in [1.807, 2.05) is 6.07 Å². The van der Waals surface area contributed by atoms with Gasteiger partial charge in [-0.25, -0.2) is 0 Å². The third-order valence-corrected chi connectivity index (χ3v) is 6.87. The minimum atomic E-state index is -1.13. The first kappa shape index (κ1) is 24.2. The van der Waals surface area contributed by atoms with E-state index in [9.17, 15) is 19.5 Å². The molecule has 3 N–H and O–H groups in total. The molecule has 34 heavy (non-hydrogen) atoms. The molecule has 0 spiro atoms. The number of hydrogen-bond donors (Lipinski definition) is 3. The molecule has 1 saturated heterocycles. The fourth-order valence-corrected chi connectivity index (χ4v) is 4.59. The number of nitrogens with one attached hydrogen (secondary N) is 2. The van der Waals surface area contributed by atoms with Crippen LogP contribution < -0.4 is 15.5 Å². The van der Waals surface area contributed by atoms with E-state index in [-0.39, 0.29) is 17.7 Å². The molecule has 1 aliphatic heterocycles. The van der Waals surface area contributed by atoms with Gasteiger partial charge in [0.15, 0.2) is 5.78 Å². The fraction of sp³-hybridized carbons (Fsp3) is 0.440. The highest BCUT2D eigenvalue weighted by atomic mass is 35.5. The van der Waals surface area contributed by atoms with Crippen LogP contribution in [-0.4, -0.2) is 59.0 Å². The van der Waals surface area contributed by atoms with Crippen molar-refractivity contribution in [1.82, 2.24) is 15.6 Å². The zero-order valence-corrected chi connectivity index (χ0v) is 19.8. The van der Waals surface area contributed by atoms with Gasteiger partial charge in [0.05, 0.1) is 10.6 Å². The summed E-state index contributed by atoms with van der Waals surface area (Å²) >= 11 is 6.28. The lowest BCUT2D eigenvalue weighted by molar-refractivity contribution is -0.124. The van der Waals surface area contributed by atoms with E-state index in [2.05, 4.69) is 20.5 Å². The summed E-state index contributed by atoms with van der Waals surface area (Å²) in [5.74, 6) is -0.598. The number of benzene rings is 1. The number of hydrogen-bond acceptors (Lipinski definition) is 6. The summed E-state index contributed by atoms with van der Waals surface area (Å²) in [7, 11) is 0. The maximum Gasteiger partial charge on any atom is 0.270 e. The summed E-state index contributed by atoms with van der Waals surface area (Å²) < 4.78 is 0. The highest BCUT2D eigenvalue weighted by Gasteiger charge is 2.51. The molecule has 1 aliphatic carbocycles.